The molecule has 0 fully saturated rings. The van der Waals surface area contributed by atoms with E-state index < -0.39 is 11.7 Å². The normalized spacial score (nSPS) is 12.0. The fourth-order valence-corrected chi connectivity index (χ4v) is 1.23. The highest BCUT2D eigenvalue weighted by Gasteiger charge is 2.15. The van der Waals surface area contributed by atoms with E-state index >= 15 is 0 Å². The highest BCUT2D eigenvalue weighted by atomic mass is 19.1. The van der Waals surface area contributed by atoms with Gasteiger partial charge < -0.3 is 4.74 Å². The summed E-state index contributed by atoms with van der Waals surface area (Å²) in [5, 5.41) is 0. The molecule has 1 aromatic carbocycles. The molecular weight excluding hydrogens is 199 g/mol. The molecule has 82 valence electrons. The van der Waals surface area contributed by atoms with E-state index in [1.165, 1.54) is 19.2 Å². The third kappa shape index (κ3) is 2.44. The summed E-state index contributed by atoms with van der Waals surface area (Å²) in [4.78, 5) is 11.2. The lowest BCUT2D eigenvalue weighted by Gasteiger charge is -2.11. The van der Waals surface area contributed by atoms with E-state index in [-0.39, 0.29) is 11.7 Å². The minimum absolute atomic E-state index is 0.152. The van der Waals surface area contributed by atoms with Crippen molar-refractivity contribution in [3.8, 4) is 5.75 Å². The summed E-state index contributed by atoms with van der Waals surface area (Å²) in [5.74, 6) is 3.79. The van der Waals surface area contributed by atoms with E-state index in [0.717, 1.165) is 0 Å². The Morgan fingerprint density at radius 1 is 1.60 bits per heavy atom. The summed E-state index contributed by atoms with van der Waals surface area (Å²) in [6.07, 6.45) is 0. The van der Waals surface area contributed by atoms with E-state index in [0.29, 0.717) is 5.56 Å². The number of halogens is 1. The van der Waals surface area contributed by atoms with Gasteiger partial charge in [0.25, 0.3) is 0 Å². The summed E-state index contributed by atoms with van der Waals surface area (Å²) < 4.78 is 18.1. The molecule has 1 atom stereocenters. The van der Waals surface area contributed by atoms with E-state index in [9.17, 15) is 9.18 Å². The van der Waals surface area contributed by atoms with Gasteiger partial charge in [0, 0.05) is 0 Å². The Morgan fingerprint density at radius 2 is 2.27 bits per heavy atom. The number of nitrogens with one attached hydrogen (secondary N) is 1. The third-order valence-corrected chi connectivity index (χ3v) is 2.21. The van der Waals surface area contributed by atoms with E-state index in [2.05, 4.69) is 0 Å². The van der Waals surface area contributed by atoms with Crippen molar-refractivity contribution in [2.75, 3.05) is 7.11 Å². The predicted octanol–water partition coefficient (Wildman–Crippen LogP) is 0.928. The van der Waals surface area contributed by atoms with Gasteiger partial charge in [-0.05, 0) is 24.6 Å². The van der Waals surface area contributed by atoms with Gasteiger partial charge in [-0.2, -0.15) is 0 Å². The Kier molecular flexibility index (Phi) is 3.62. The van der Waals surface area contributed by atoms with Gasteiger partial charge in [0.15, 0.2) is 11.6 Å². The van der Waals surface area contributed by atoms with Crippen LogP contribution in [-0.2, 0) is 4.79 Å². The molecule has 0 saturated carbocycles. The number of nitrogens with two attached hydrogens (primary N) is 1. The lowest BCUT2D eigenvalue weighted by atomic mass is 10.0. The maximum absolute atomic E-state index is 13.3. The van der Waals surface area contributed by atoms with Gasteiger partial charge in [-0.15, -0.1) is 0 Å². The third-order valence-electron chi connectivity index (χ3n) is 2.21. The number of hydrazine groups is 1. The zero-order chi connectivity index (χ0) is 11.4. The first kappa shape index (κ1) is 11.5. The Balaban J connectivity index is 2.97. The fourth-order valence-electron chi connectivity index (χ4n) is 1.23. The predicted molar refractivity (Wildman–Crippen MR) is 53.7 cm³/mol. The zero-order valence-electron chi connectivity index (χ0n) is 8.58. The van der Waals surface area contributed by atoms with E-state index in [1.807, 2.05) is 5.43 Å². The number of hydrogen-bond donors (Lipinski definition) is 2. The molecule has 1 rings (SSSR count). The van der Waals surface area contributed by atoms with Gasteiger partial charge in [0.1, 0.15) is 0 Å². The topological polar surface area (TPSA) is 64.3 Å². The average Bonchev–Trinajstić information content (AvgIpc) is 2.26. The first-order valence-corrected chi connectivity index (χ1v) is 4.44. The maximum atomic E-state index is 13.3. The molecule has 4 nitrogen and oxygen atoms in total. The molecule has 1 aromatic rings. The molecule has 0 aliphatic heterocycles. The second-order valence-corrected chi connectivity index (χ2v) is 3.12. The minimum Gasteiger partial charge on any atom is -0.494 e. The first-order chi connectivity index (χ1) is 7.10. The van der Waals surface area contributed by atoms with Crippen LogP contribution in [0.25, 0.3) is 0 Å². The van der Waals surface area contributed by atoms with Crippen LogP contribution in [0.15, 0.2) is 18.2 Å². The maximum Gasteiger partial charge on any atom is 0.241 e. The van der Waals surface area contributed by atoms with Gasteiger partial charge in [-0.1, -0.05) is 6.07 Å². The summed E-state index contributed by atoms with van der Waals surface area (Å²) >= 11 is 0. The standard InChI is InChI=1S/C10H13FN2O2/c1-6(10(14)13-12)7-3-4-9(15-2)8(11)5-7/h3-6H,12H2,1-2H3,(H,13,14). The average molecular weight is 212 g/mol. The highest BCUT2D eigenvalue weighted by molar-refractivity contribution is 5.82. The van der Waals surface area contributed by atoms with Crippen LogP contribution >= 0.6 is 0 Å². The monoisotopic (exact) mass is 212 g/mol. The number of methoxy groups -OCH3 is 1. The molecule has 0 aliphatic rings. The molecule has 3 N–H and O–H groups in total. The van der Waals surface area contributed by atoms with Gasteiger partial charge in [-0.25, -0.2) is 10.2 Å². The van der Waals surface area contributed by atoms with Crippen molar-refractivity contribution in [3.05, 3.63) is 29.6 Å². The first-order valence-electron chi connectivity index (χ1n) is 4.44. The number of rotatable bonds is 3. The van der Waals surface area contributed by atoms with Crippen LogP contribution in [-0.4, -0.2) is 13.0 Å². The van der Waals surface area contributed by atoms with Gasteiger partial charge in [-0.3, -0.25) is 10.2 Å². The molecule has 0 bridgehead atoms. The molecule has 0 spiro atoms. The largest absolute Gasteiger partial charge is 0.494 e. The Morgan fingerprint density at radius 3 is 2.73 bits per heavy atom. The quantitative estimate of drug-likeness (QED) is 0.445. The molecule has 1 unspecified atom stereocenters. The Bertz CT molecular complexity index is 368. The Hall–Kier alpha value is -1.62. The number of hydrogen-bond acceptors (Lipinski definition) is 3. The molecule has 15 heavy (non-hydrogen) atoms. The van der Waals surface area contributed by atoms with Crippen LogP contribution in [0.2, 0.25) is 0 Å². The van der Waals surface area contributed by atoms with Gasteiger partial charge in [0.2, 0.25) is 5.91 Å². The van der Waals surface area contributed by atoms with E-state index in [4.69, 9.17) is 10.6 Å². The molecule has 1 amide bonds. The lowest BCUT2D eigenvalue weighted by Crippen LogP contribution is -2.33. The minimum atomic E-state index is -0.494. The van der Waals surface area contributed by atoms with Crippen LogP contribution < -0.4 is 16.0 Å². The zero-order valence-corrected chi connectivity index (χ0v) is 8.58. The number of carbonyl (C=O) groups is 1. The van der Waals surface area contributed by atoms with Crippen molar-refractivity contribution in [2.24, 2.45) is 5.84 Å². The fraction of sp³-hybridized carbons (Fsp3) is 0.300. The van der Waals surface area contributed by atoms with Crippen molar-refractivity contribution in [3.63, 3.8) is 0 Å². The summed E-state index contributed by atoms with van der Waals surface area (Å²) in [6.45, 7) is 1.64. The number of carbonyl (C=O) groups excluding carboxylic acids is 1. The van der Waals surface area contributed by atoms with Crippen LogP contribution in [0, 0.1) is 5.82 Å². The SMILES string of the molecule is COc1ccc(C(C)C(=O)NN)cc1F. The second-order valence-electron chi connectivity index (χ2n) is 3.12. The molecular formula is C10H13FN2O2. The van der Waals surface area contributed by atoms with Crippen LogP contribution in [0.1, 0.15) is 18.4 Å². The molecule has 0 heterocycles. The number of benzene rings is 1. The van der Waals surface area contributed by atoms with E-state index in [1.54, 1.807) is 13.0 Å². The van der Waals surface area contributed by atoms with Crippen molar-refractivity contribution >= 4 is 5.91 Å². The van der Waals surface area contributed by atoms with Crippen molar-refractivity contribution in [2.45, 2.75) is 12.8 Å². The number of amides is 1. The van der Waals surface area contributed by atoms with Crippen molar-refractivity contribution in [1.82, 2.24) is 5.43 Å². The Labute approximate surface area is 87.2 Å². The summed E-state index contributed by atoms with van der Waals surface area (Å²) in [6, 6.07) is 4.37. The van der Waals surface area contributed by atoms with Gasteiger partial charge >= 0.3 is 0 Å². The summed E-state index contributed by atoms with van der Waals surface area (Å²) in [7, 11) is 1.38. The van der Waals surface area contributed by atoms with Crippen LogP contribution in [0.5, 0.6) is 5.75 Å². The molecule has 0 saturated heterocycles. The van der Waals surface area contributed by atoms with Crippen molar-refractivity contribution in [1.29, 1.82) is 0 Å². The molecule has 0 aliphatic carbocycles. The van der Waals surface area contributed by atoms with Gasteiger partial charge in [0.05, 0.1) is 13.0 Å². The van der Waals surface area contributed by atoms with Crippen LogP contribution in [0.4, 0.5) is 4.39 Å². The molecule has 0 aromatic heterocycles. The van der Waals surface area contributed by atoms with Crippen molar-refractivity contribution < 1.29 is 13.9 Å². The molecule has 0 radical (unpaired) electrons. The highest BCUT2D eigenvalue weighted by Crippen LogP contribution is 2.22. The second kappa shape index (κ2) is 4.75. The lowest BCUT2D eigenvalue weighted by molar-refractivity contribution is -0.122. The summed E-state index contributed by atoms with van der Waals surface area (Å²) in [5.41, 5.74) is 2.57. The van der Waals surface area contributed by atoms with Crippen LogP contribution in [0.3, 0.4) is 0 Å². The molecule has 5 heteroatoms. The number of ether oxygens (including phenoxy) is 1. The smallest absolute Gasteiger partial charge is 0.241 e.